The summed E-state index contributed by atoms with van der Waals surface area (Å²) in [6.45, 7) is 0.402. The van der Waals surface area contributed by atoms with Crippen LogP contribution in [0.2, 0.25) is 0 Å². The Morgan fingerprint density at radius 3 is 2.53 bits per heavy atom. The third-order valence-corrected chi connectivity index (χ3v) is 2.59. The van der Waals surface area contributed by atoms with Crippen molar-refractivity contribution < 1.29 is 28.4 Å². The zero-order valence-corrected chi connectivity index (χ0v) is 9.25. The molecule has 88 valence electrons. The molecule has 0 fully saturated rings. The second-order valence-corrected chi connectivity index (χ2v) is 4.22. The van der Waals surface area contributed by atoms with Crippen LogP contribution in [0.5, 0.6) is 0 Å². The average molecular weight is 238 g/mol. The Hall–Kier alpha value is -0.950. The van der Waals surface area contributed by atoms with Gasteiger partial charge in [0, 0.05) is 23.7 Å². The molecule has 0 amide bonds. The van der Waals surface area contributed by atoms with E-state index >= 15 is 0 Å². The highest BCUT2D eigenvalue weighted by Gasteiger charge is 2.10. The average Bonchev–Trinajstić information content (AvgIpc) is 2.15. The minimum Gasteiger partial charge on any atom is -0.481 e. The van der Waals surface area contributed by atoms with E-state index in [2.05, 4.69) is 9.47 Å². The van der Waals surface area contributed by atoms with Gasteiger partial charge in [-0.1, -0.05) is 0 Å². The zero-order chi connectivity index (χ0) is 11.7. The van der Waals surface area contributed by atoms with Crippen molar-refractivity contribution in [3.05, 3.63) is 0 Å². The SMILES string of the molecule is COCCOC(=O)CS(=O)CCC(=O)O. The lowest BCUT2D eigenvalue weighted by Gasteiger charge is -2.03. The second-order valence-electron chi connectivity index (χ2n) is 2.65. The van der Waals surface area contributed by atoms with Gasteiger partial charge in [-0.2, -0.15) is 0 Å². The second kappa shape index (κ2) is 8.37. The summed E-state index contributed by atoms with van der Waals surface area (Å²) in [5, 5.41) is 8.30. The van der Waals surface area contributed by atoms with E-state index in [-0.39, 0.29) is 31.1 Å². The lowest BCUT2D eigenvalue weighted by Crippen LogP contribution is -2.19. The molecule has 15 heavy (non-hydrogen) atoms. The summed E-state index contributed by atoms with van der Waals surface area (Å²) in [5.41, 5.74) is 0. The van der Waals surface area contributed by atoms with Crippen LogP contribution in [0.4, 0.5) is 0 Å². The maximum absolute atomic E-state index is 11.1. The number of carbonyl (C=O) groups excluding carboxylic acids is 1. The molecule has 0 saturated heterocycles. The number of aliphatic carboxylic acids is 1. The molecule has 1 N–H and O–H groups in total. The molecular weight excluding hydrogens is 224 g/mol. The molecule has 1 atom stereocenters. The van der Waals surface area contributed by atoms with Crippen molar-refractivity contribution in [1.82, 2.24) is 0 Å². The summed E-state index contributed by atoms with van der Waals surface area (Å²) in [7, 11) is -0.00122. The topological polar surface area (TPSA) is 89.9 Å². The van der Waals surface area contributed by atoms with Crippen LogP contribution in [0.1, 0.15) is 6.42 Å². The first-order valence-electron chi connectivity index (χ1n) is 4.27. The molecule has 1 unspecified atom stereocenters. The van der Waals surface area contributed by atoms with E-state index in [1.807, 2.05) is 0 Å². The van der Waals surface area contributed by atoms with Crippen molar-refractivity contribution in [2.75, 3.05) is 31.8 Å². The van der Waals surface area contributed by atoms with Crippen molar-refractivity contribution >= 4 is 22.7 Å². The van der Waals surface area contributed by atoms with Gasteiger partial charge in [0.25, 0.3) is 0 Å². The predicted molar refractivity (Wildman–Crippen MR) is 53.0 cm³/mol. The Bertz CT molecular complexity index is 239. The highest BCUT2D eigenvalue weighted by atomic mass is 32.2. The van der Waals surface area contributed by atoms with E-state index in [4.69, 9.17) is 5.11 Å². The Kier molecular flexibility index (Phi) is 7.84. The van der Waals surface area contributed by atoms with E-state index in [0.717, 1.165) is 0 Å². The van der Waals surface area contributed by atoms with Crippen LogP contribution in [-0.4, -0.2) is 53.1 Å². The predicted octanol–water partition coefficient (Wildman–Crippen LogP) is -0.601. The highest BCUT2D eigenvalue weighted by Crippen LogP contribution is 1.91. The lowest BCUT2D eigenvalue weighted by molar-refractivity contribution is -0.141. The quantitative estimate of drug-likeness (QED) is 0.448. The first kappa shape index (κ1) is 14.1. The van der Waals surface area contributed by atoms with Gasteiger partial charge in [-0.3, -0.25) is 13.8 Å². The smallest absolute Gasteiger partial charge is 0.318 e. The fraction of sp³-hybridized carbons (Fsp3) is 0.750. The van der Waals surface area contributed by atoms with E-state index in [0.29, 0.717) is 0 Å². The third kappa shape index (κ3) is 9.36. The van der Waals surface area contributed by atoms with Gasteiger partial charge in [-0.15, -0.1) is 0 Å². The molecule has 6 nitrogen and oxygen atoms in total. The summed E-state index contributed by atoms with van der Waals surface area (Å²) in [5.74, 6) is -1.93. The molecule has 0 aromatic rings. The fourth-order valence-corrected chi connectivity index (χ4v) is 1.58. The molecule has 0 radical (unpaired) electrons. The summed E-state index contributed by atoms with van der Waals surface area (Å²) in [6, 6.07) is 0. The summed E-state index contributed by atoms with van der Waals surface area (Å²) in [4.78, 5) is 21.1. The molecule has 0 aromatic carbocycles. The Morgan fingerprint density at radius 2 is 2.00 bits per heavy atom. The normalized spacial score (nSPS) is 12.1. The number of ether oxygens (including phenoxy) is 2. The molecule has 0 rings (SSSR count). The number of carboxylic acids is 1. The van der Waals surface area contributed by atoms with Crippen LogP contribution >= 0.6 is 0 Å². The number of methoxy groups -OCH3 is 1. The number of esters is 1. The summed E-state index contributed by atoms with van der Waals surface area (Å²) < 4.78 is 20.4. The number of carboxylic acid groups (broad SMARTS) is 1. The van der Waals surface area contributed by atoms with E-state index < -0.39 is 22.7 Å². The molecule has 0 spiro atoms. The van der Waals surface area contributed by atoms with E-state index in [1.54, 1.807) is 0 Å². The fourth-order valence-electron chi connectivity index (χ4n) is 0.685. The van der Waals surface area contributed by atoms with Crippen molar-refractivity contribution in [3.8, 4) is 0 Å². The molecule has 0 aromatic heterocycles. The Balaban J connectivity index is 3.58. The maximum Gasteiger partial charge on any atom is 0.318 e. The molecule has 0 saturated carbocycles. The van der Waals surface area contributed by atoms with Gasteiger partial charge in [-0.25, -0.2) is 0 Å². The van der Waals surface area contributed by atoms with Gasteiger partial charge in [0.15, 0.2) is 0 Å². The van der Waals surface area contributed by atoms with Crippen molar-refractivity contribution in [1.29, 1.82) is 0 Å². The number of hydrogen-bond donors (Lipinski definition) is 1. The molecule has 0 aliphatic heterocycles. The van der Waals surface area contributed by atoms with Crippen LogP contribution in [0.3, 0.4) is 0 Å². The summed E-state index contributed by atoms with van der Waals surface area (Å²) in [6.07, 6.45) is -0.210. The minimum atomic E-state index is -1.47. The molecule has 0 heterocycles. The zero-order valence-electron chi connectivity index (χ0n) is 8.43. The number of rotatable bonds is 8. The van der Waals surface area contributed by atoms with Crippen molar-refractivity contribution in [2.24, 2.45) is 0 Å². The first-order valence-corrected chi connectivity index (χ1v) is 5.76. The van der Waals surface area contributed by atoms with Gasteiger partial charge in [0.2, 0.25) is 0 Å². The van der Waals surface area contributed by atoms with Gasteiger partial charge < -0.3 is 14.6 Å². The van der Waals surface area contributed by atoms with Gasteiger partial charge in [0.1, 0.15) is 12.4 Å². The van der Waals surface area contributed by atoms with Crippen LogP contribution in [0, 0.1) is 0 Å². The monoisotopic (exact) mass is 238 g/mol. The van der Waals surface area contributed by atoms with Crippen LogP contribution < -0.4 is 0 Å². The largest absolute Gasteiger partial charge is 0.481 e. The highest BCUT2D eigenvalue weighted by molar-refractivity contribution is 7.85. The van der Waals surface area contributed by atoms with Gasteiger partial charge in [0.05, 0.1) is 13.0 Å². The number of carbonyl (C=O) groups is 2. The van der Waals surface area contributed by atoms with Gasteiger partial charge in [-0.05, 0) is 0 Å². The van der Waals surface area contributed by atoms with Crippen LogP contribution in [0.25, 0.3) is 0 Å². The van der Waals surface area contributed by atoms with Crippen molar-refractivity contribution in [2.45, 2.75) is 6.42 Å². The lowest BCUT2D eigenvalue weighted by atomic mass is 10.5. The van der Waals surface area contributed by atoms with Crippen LogP contribution in [0.15, 0.2) is 0 Å². The molecular formula is C8H14O6S. The van der Waals surface area contributed by atoms with E-state index in [9.17, 15) is 13.8 Å². The molecule has 0 aliphatic carbocycles. The van der Waals surface area contributed by atoms with E-state index in [1.165, 1.54) is 7.11 Å². The standard InChI is InChI=1S/C8H14O6S/c1-13-3-4-14-8(11)6-15(12)5-2-7(9)10/h2-6H2,1H3,(H,9,10). The van der Waals surface area contributed by atoms with Crippen LogP contribution in [-0.2, 0) is 29.9 Å². The Labute approximate surface area is 90.0 Å². The molecule has 0 aliphatic rings. The maximum atomic E-state index is 11.1. The number of hydrogen-bond acceptors (Lipinski definition) is 5. The Morgan fingerprint density at radius 1 is 1.33 bits per heavy atom. The first-order chi connectivity index (χ1) is 7.06. The van der Waals surface area contributed by atoms with Crippen molar-refractivity contribution in [3.63, 3.8) is 0 Å². The van der Waals surface area contributed by atoms with Gasteiger partial charge >= 0.3 is 11.9 Å². The molecule has 7 heteroatoms. The third-order valence-electron chi connectivity index (χ3n) is 1.37. The summed E-state index contributed by atoms with van der Waals surface area (Å²) >= 11 is 0. The molecule has 0 bridgehead atoms. The minimum absolute atomic E-state index is 0.0330.